The first-order chi connectivity index (χ1) is 14.4. The first-order valence-corrected chi connectivity index (χ1v) is 10.1. The topological polar surface area (TPSA) is 64.0 Å². The summed E-state index contributed by atoms with van der Waals surface area (Å²) in [6.45, 7) is 3.84. The lowest BCUT2D eigenvalue weighted by atomic mass is 10.2. The van der Waals surface area contributed by atoms with Gasteiger partial charge in [-0.05, 0) is 37.1 Å². The molecule has 0 unspecified atom stereocenters. The fraction of sp³-hybridized carbons (Fsp3) is 0.409. The maximum Gasteiger partial charge on any atom is 0.163 e. The molecular weight excluding hydrogens is 372 g/mol. The van der Waals surface area contributed by atoms with Gasteiger partial charge in [0, 0.05) is 31.0 Å². The summed E-state index contributed by atoms with van der Waals surface area (Å²) in [5.41, 5.74) is 2.86. The Kier molecular flexibility index (Phi) is 5.23. The van der Waals surface area contributed by atoms with Crippen molar-refractivity contribution in [1.82, 2.24) is 9.55 Å². The van der Waals surface area contributed by atoms with Crippen LogP contribution in [-0.4, -0.2) is 55.3 Å². The average Bonchev–Trinajstić information content (AvgIpc) is 3.19. The smallest absolute Gasteiger partial charge is 0.163 e. The predicted molar refractivity (Wildman–Crippen MR) is 107 cm³/mol. The maximum atomic E-state index is 5.84. The van der Waals surface area contributed by atoms with Crippen molar-refractivity contribution in [1.29, 1.82) is 0 Å². The third kappa shape index (κ3) is 4.02. The SMILES string of the molecule is c1cc(-n2cnc3cc4c(cc32)OCCO4)ccc1OCCOC1CCOCC1. The van der Waals surface area contributed by atoms with Crippen molar-refractivity contribution < 1.29 is 23.7 Å². The molecule has 0 radical (unpaired) electrons. The van der Waals surface area contributed by atoms with Crippen LogP contribution in [0.25, 0.3) is 16.7 Å². The molecule has 0 aliphatic carbocycles. The Hall–Kier alpha value is -2.77. The lowest BCUT2D eigenvalue weighted by molar-refractivity contribution is -0.0388. The van der Waals surface area contributed by atoms with Gasteiger partial charge in [0.25, 0.3) is 0 Å². The number of imidazole rings is 1. The van der Waals surface area contributed by atoms with E-state index in [1.54, 1.807) is 0 Å². The van der Waals surface area contributed by atoms with Gasteiger partial charge in [0.2, 0.25) is 0 Å². The van der Waals surface area contributed by atoms with Gasteiger partial charge in [-0.15, -0.1) is 0 Å². The normalized spacial score (nSPS) is 16.8. The Morgan fingerprint density at radius 3 is 2.48 bits per heavy atom. The van der Waals surface area contributed by atoms with Crippen molar-refractivity contribution in [3.05, 3.63) is 42.7 Å². The van der Waals surface area contributed by atoms with Gasteiger partial charge in [0.1, 0.15) is 31.9 Å². The van der Waals surface area contributed by atoms with Crippen LogP contribution in [0, 0.1) is 0 Å². The Morgan fingerprint density at radius 2 is 1.69 bits per heavy atom. The van der Waals surface area contributed by atoms with Crippen molar-refractivity contribution in [2.75, 3.05) is 39.6 Å². The summed E-state index contributed by atoms with van der Waals surface area (Å²) in [5.74, 6) is 2.33. The third-order valence-electron chi connectivity index (χ3n) is 5.20. The van der Waals surface area contributed by atoms with Crippen LogP contribution >= 0.6 is 0 Å². The lowest BCUT2D eigenvalue weighted by Crippen LogP contribution is -2.25. The molecule has 1 fully saturated rings. The van der Waals surface area contributed by atoms with E-state index in [2.05, 4.69) is 4.98 Å². The standard InChI is InChI=1S/C22H24N2O5/c1-3-17(26-9-10-27-18-5-7-25-8-6-18)4-2-16(1)24-15-23-19-13-21-22(14-20(19)24)29-12-11-28-21/h1-4,13-15,18H,5-12H2. The molecule has 29 heavy (non-hydrogen) atoms. The number of ether oxygens (including phenoxy) is 5. The predicted octanol–water partition coefficient (Wildman–Crippen LogP) is 3.37. The zero-order valence-electron chi connectivity index (χ0n) is 16.2. The minimum absolute atomic E-state index is 0.296. The summed E-state index contributed by atoms with van der Waals surface area (Å²) >= 11 is 0. The Balaban J connectivity index is 1.23. The van der Waals surface area contributed by atoms with Crippen LogP contribution in [0.3, 0.4) is 0 Å². The van der Waals surface area contributed by atoms with Gasteiger partial charge in [-0.3, -0.25) is 4.57 Å². The van der Waals surface area contributed by atoms with Gasteiger partial charge in [-0.1, -0.05) is 0 Å². The van der Waals surface area contributed by atoms with E-state index in [1.165, 1.54) is 0 Å². The number of hydrogen-bond acceptors (Lipinski definition) is 6. The lowest BCUT2D eigenvalue weighted by Gasteiger charge is -2.22. The van der Waals surface area contributed by atoms with Crippen LogP contribution in [-0.2, 0) is 9.47 Å². The number of aromatic nitrogens is 2. The molecule has 0 bridgehead atoms. The van der Waals surface area contributed by atoms with Gasteiger partial charge in [-0.25, -0.2) is 4.98 Å². The van der Waals surface area contributed by atoms with E-state index >= 15 is 0 Å². The fourth-order valence-electron chi connectivity index (χ4n) is 3.67. The van der Waals surface area contributed by atoms with E-state index in [9.17, 15) is 0 Å². The van der Waals surface area contributed by atoms with E-state index in [4.69, 9.17) is 23.7 Å². The summed E-state index contributed by atoms with van der Waals surface area (Å²) in [4.78, 5) is 4.50. The summed E-state index contributed by atoms with van der Waals surface area (Å²) < 4.78 is 30.4. The molecule has 2 aromatic carbocycles. The van der Waals surface area contributed by atoms with Crippen LogP contribution in [0.5, 0.6) is 17.2 Å². The van der Waals surface area contributed by atoms with Crippen molar-refractivity contribution in [3.63, 3.8) is 0 Å². The van der Waals surface area contributed by atoms with Crippen molar-refractivity contribution >= 4 is 11.0 Å². The van der Waals surface area contributed by atoms with Crippen LogP contribution < -0.4 is 14.2 Å². The highest BCUT2D eigenvalue weighted by Crippen LogP contribution is 2.35. The minimum Gasteiger partial charge on any atom is -0.491 e. The van der Waals surface area contributed by atoms with E-state index in [0.717, 1.165) is 60.0 Å². The monoisotopic (exact) mass is 396 g/mol. The Morgan fingerprint density at radius 1 is 0.931 bits per heavy atom. The second-order valence-electron chi connectivity index (χ2n) is 7.12. The first-order valence-electron chi connectivity index (χ1n) is 10.1. The number of rotatable bonds is 6. The van der Waals surface area contributed by atoms with Gasteiger partial charge in [-0.2, -0.15) is 0 Å². The molecule has 3 heterocycles. The average molecular weight is 396 g/mol. The van der Waals surface area contributed by atoms with Crippen LogP contribution in [0.2, 0.25) is 0 Å². The molecule has 2 aliphatic heterocycles. The fourth-order valence-corrected chi connectivity index (χ4v) is 3.67. The molecule has 1 aromatic heterocycles. The Labute approximate surface area is 169 Å². The number of nitrogens with zero attached hydrogens (tertiary/aromatic N) is 2. The third-order valence-corrected chi connectivity index (χ3v) is 5.20. The van der Waals surface area contributed by atoms with E-state index < -0.39 is 0 Å². The molecule has 7 heteroatoms. The van der Waals surface area contributed by atoms with Gasteiger partial charge in [0.15, 0.2) is 11.5 Å². The minimum atomic E-state index is 0.296. The van der Waals surface area contributed by atoms with Crippen molar-refractivity contribution in [3.8, 4) is 22.9 Å². The molecule has 0 spiro atoms. The summed E-state index contributed by atoms with van der Waals surface area (Å²) in [5, 5.41) is 0. The van der Waals surface area contributed by atoms with Crippen LogP contribution in [0.15, 0.2) is 42.7 Å². The van der Waals surface area contributed by atoms with Gasteiger partial charge < -0.3 is 23.7 Å². The van der Waals surface area contributed by atoms with E-state index in [1.807, 2.05) is 47.3 Å². The molecular formula is C22H24N2O5. The maximum absolute atomic E-state index is 5.84. The summed E-state index contributed by atoms with van der Waals surface area (Å²) in [6.07, 6.45) is 4.04. The van der Waals surface area contributed by atoms with Gasteiger partial charge >= 0.3 is 0 Å². The second kappa shape index (κ2) is 8.31. The first kappa shape index (κ1) is 18.3. The molecule has 5 rings (SSSR count). The zero-order chi connectivity index (χ0) is 19.5. The molecule has 0 atom stereocenters. The van der Waals surface area contributed by atoms with Crippen LogP contribution in [0.4, 0.5) is 0 Å². The largest absolute Gasteiger partial charge is 0.491 e. The summed E-state index contributed by atoms with van der Waals surface area (Å²) in [6, 6.07) is 11.9. The highest BCUT2D eigenvalue weighted by atomic mass is 16.6. The van der Waals surface area contributed by atoms with Crippen molar-refractivity contribution in [2.24, 2.45) is 0 Å². The van der Waals surface area contributed by atoms with Crippen molar-refractivity contribution in [2.45, 2.75) is 18.9 Å². The molecule has 1 saturated heterocycles. The molecule has 0 amide bonds. The van der Waals surface area contributed by atoms with Crippen LogP contribution in [0.1, 0.15) is 12.8 Å². The van der Waals surface area contributed by atoms with Gasteiger partial charge in [0.05, 0.1) is 23.7 Å². The molecule has 3 aromatic rings. The molecule has 152 valence electrons. The Bertz CT molecular complexity index is 963. The van der Waals surface area contributed by atoms with E-state index in [0.29, 0.717) is 32.5 Å². The second-order valence-corrected chi connectivity index (χ2v) is 7.12. The zero-order valence-corrected chi connectivity index (χ0v) is 16.2. The molecule has 2 aliphatic rings. The quantitative estimate of drug-likeness (QED) is 0.596. The molecule has 0 saturated carbocycles. The van der Waals surface area contributed by atoms with E-state index in [-0.39, 0.29) is 0 Å². The highest BCUT2D eigenvalue weighted by molar-refractivity contribution is 5.81. The number of hydrogen-bond donors (Lipinski definition) is 0. The molecule has 7 nitrogen and oxygen atoms in total. The summed E-state index contributed by atoms with van der Waals surface area (Å²) in [7, 11) is 0. The molecule has 0 N–H and O–H groups in total. The highest BCUT2D eigenvalue weighted by Gasteiger charge is 2.16. The number of fused-ring (bicyclic) bond motifs is 2. The number of benzene rings is 2.